The SMILES string of the molecule is N#Cc1ccc(OC(F)(F)F)[nH]c1=O. The molecule has 1 heterocycles. The van der Waals surface area contributed by atoms with Crippen LogP contribution in [-0.2, 0) is 0 Å². The van der Waals surface area contributed by atoms with E-state index in [1.165, 1.54) is 6.07 Å². The Labute approximate surface area is 75.5 Å². The number of rotatable bonds is 1. The lowest BCUT2D eigenvalue weighted by Crippen LogP contribution is -2.20. The minimum Gasteiger partial charge on any atom is -0.390 e. The molecule has 1 rings (SSSR count). The molecular weight excluding hydrogens is 201 g/mol. The number of nitrogens with one attached hydrogen (secondary N) is 1. The molecule has 0 aromatic carbocycles. The van der Waals surface area contributed by atoms with Crippen molar-refractivity contribution in [3.63, 3.8) is 0 Å². The van der Waals surface area contributed by atoms with E-state index in [2.05, 4.69) is 4.74 Å². The Morgan fingerprint density at radius 1 is 1.43 bits per heavy atom. The third-order valence-corrected chi connectivity index (χ3v) is 1.23. The molecule has 7 heteroatoms. The minimum atomic E-state index is -4.86. The van der Waals surface area contributed by atoms with Gasteiger partial charge in [-0.2, -0.15) is 5.26 Å². The van der Waals surface area contributed by atoms with Crippen LogP contribution in [0.15, 0.2) is 16.9 Å². The first-order chi connectivity index (χ1) is 6.42. The fourth-order valence-corrected chi connectivity index (χ4v) is 0.728. The summed E-state index contributed by atoms with van der Waals surface area (Å²) in [7, 11) is 0. The molecule has 0 saturated carbocycles. The van der Waals surface area contributed by atoms with Gasteiger partial charge in [-0.3, -0.25) is 9.78 Å². The highest BCUT2D eigenvalue weighted by Gasteiger charge is 2.31. The normalized spacial score (nSPS) is 10.7. The molecular formula is C7H3F3N2O2. The van der Waals surface area contributed by atoms with Gasteiger partial charge in [-0.25, -0.2) is 0 Å². The molecule has 0 aliphatic carbocycles. The van der Waals surface area contributed by atoms with Gasteiger partial charge in [0.1, 0.15) is 11.6 Å². The molecule has 0 aliphatic rings. The number of aromatic amines is 1. The van der Waals surface area contributed by atoms with E-state index < -0.39 is 17.8 Å². The molecule has 0 amide bonds. The summed E-state index contributed by atoms with van der Waals surface area (Å²) >= 11 is 0. The van der Waals surface area contributed by atoms with Crippen LogP contribution in [0.1, 0.15) is 5.56 Å². The van der Waals surface area contributed by atoms with Crippen LogP contribution >= 0.6 is 0 Å². The quantitative estimate of drug-likeness (QED) is 0.745. The van der Waals surface area contributed by atoms with Crippen LogP contribution in [0.2, 0.25) is 0 Å². The van der Waals surface area contributed by atoms with Crippen molar-refractivity contribution < 1.29 is 17.9 Å². The third kappa shape index (κ3) is 2.52. The molecule has 1 aromatic rings. The van der Waals surface area contributed by atoms with Crippen molar-refractivity contribution in [2.24, 2.45) is 0 Å². The summed E-state index contributed by atoms with van der Waals surface area (Å²) in [6.45, 7) is 0. The Bertz CT molecular complexity index is 430. The van der Waals surface area contributed by atoms with Crippen molar-refractivity contribution in [2.45, 2.75) is 6.36 Å². The molecule has 1 aromatic heterocycles. The number of ether oxygens (including phenoxy) is 1. The number of aromatic nitrogens is 1. The van der Waals surface area contributed by atoms with Gasteiger partial charge in [0.15, 0.2) is 0 Å². The molecule has 4 nitrogen and oxygen atoms in total. The van der Waals surface area contributed by atoms with E-state index in [-0.39, 0.29) is 5.56 Å². The van der Waals surface area contributed by atoms with E-state index in [4.69, 9.17) is 5.26 Å². The van der Waals surface area contributed by atoms with Crippen LogP contribution in [0, 0.1) is 11.3 Å². The van der Waals surface area contributed by atoms with Crippen molar-refractivity contribution in [2.75, 3.05) is 0 Å². The van der Waals surface area contributed by atoms with Crippen molar-refractivity contribution in [3.8, 4) is 11.9 Å². The second-order valence-electron chi connectivity index (χ2n) is 2.22. The standard InChI is InChI=1S/C7H3F3N2O2/c8-7(9,10)14-5-2-1-4(3-11)6(13)12-5/h1-2H,(H,12,13). The topological polar surface area (TPSA) is 65.9 Å². The molecule has 0 spiro atoms. The zero-order chi connectivity index (χ0) is 10.8. The summed E-state index contributed by atoms with van der Waals surface area (Å²) < 4.78 is 38.4. The summed E-state index contributed by atoms with van der Waals surface area (Å²) in [5, 5.41) is 8.31. The van der Waals surface area contributed by atoms with E-state index in [1.54, 1.807) is 4.98 Å². The van der Waals surface area contributed by atoms with Crippen molar-refractivity contribution in [1.82, 2.24) is 4.98 Å². The second-order valence-corrected chi connectivity index (χ2v) is 2.22. The van der Waals surface area contributed by atoms with Crippen LogP contribution in [-0.4, -0.2) is 11.3 Å². The summed E-state index contributed by atoms with van der Waals surface area (Å²) in [4.78, 5) is 12.6. The van der Waals surface area contributed by atoms with E-state index in [1.807, 2.05) is 0 Å². The Hall–Kier alpha value is -1.97. The number of halogens is 3. The highest BCUT2D eigenvalue weighted by Crippen LogP contribution is 2.19. The predicted octanol–water partition coefficient (Wildman–Crippen LogP) is 1.15. The summed E-state index contributed by atoms with van der Waals surface area (Å²) in [6, 6.07) is 3.30. The monoisotopic (exact) mass is 204 g/mol. The fraction of sp³-hybridized carbons (Fsp3) is 0.143. The number of alkyl halides is 3. The molecule has 14 heavy (non-hydrogen) atoms. The van der Waals surface area contributed by atoms with Crippen LogP contribution in [0.25, 0.3) is 0 Å². The van der Waals surface area contributed by atoms with Crippen molar-refractivity contribution >= 4 is 0 Å². The highest BCUT2D eigenvalue weighted by molar-refractivity contribution is 5.28. The van der Waals surface area contributed by atoms with Gasteiger partial charge in [-0.1, -0.05) is 0 Å². The average molecular weight is 204 g/mol. The summed E-state index contributed by atoms with van der Waals surface area (Å²) in [6.07, 6.45) is -4.86. The maximum Gasteiger partial charge on any atom is 0.574 e. The van der Waals surface area contributed by atoms with E-state index in [0.29, 0.717) is 0 Å². The summed E-state index contributed by atoms with van der Waals surface area (Å²) in [5.74, 6) is -0.749. The first kappa shape index (κ1) is 10.1. The van der Waals surface area contributed by atoms with Gasteiger partial charge in [0.05, 0.1) is 0 Å². The molecule has 0 atom stereocenters. The number of pyridine rings is 1. The number of hydrogen-bond donors (Lipinski definition) is 1. The van der Waals surface area contributed by atoms with Gasteiger partial charge in [0, 0.05) is 6.07 Å². The molecule has 1 N–H and O–H groups in total. The van der Waals surface area contributed by atoms with Gasteiger partial charge in [-0.05, 0) is 6.07 Å². The van der Waals surface area contributed by atoms with Gasteiger partial charge in [-0.15, -0.1) is 13.2 Å². The molecule has 74 valence electrons. The first-order valence-corrected chi connectivity index (χ1v) is 3.31. The molecule has 0 radical (unpaired) electrons. The maximum atomic E-state index is 11.6. The van der Waals surface area contributed by atoms with Crippen LogP contribution < -0.4 is 10.3 Å². The fourth-order valence-electron chi connectivity index (χ4n) is 0.728. The Balaban J connectivity index is 3.00. The van der Waals surface area contributed by atoms with Gasteiger partial charge in [0.2, 0.25) is 5.88 Å². The highest BCUT2D eigenvalue weighted by atomic mass is 19.4. The molecule has 0 saturated heterocycles. The van der Waals surface area contributed by atoms with E-state index in [9.17, 15) is 18.0 Å². The maximum absolute atomic E-state index is 11.6. The first-order valence-electron chi connectivity index (χ1n) is 3.31. The molecule has 0 fully saturated rings. The Morgan fingerprint density at radius 3 is 2.50 bits per heavy atom. The lowest BCUT2D eigenvalue weighted by atomic mass is 10.3. The van der Waals surface area contributed by atoms with Crippen LogP contribution in [0.5, 0.6) is 5.88 Å². The number of H-pyrrole nitrogens is 1. The van der Waals surface area contributed by atoms with Crippen molar-refractivity contribution in [1.29, 1.82) is 5.26 Å². The second kappa shape index (κ2) is 3.41. The lowest BCUT2D eigenvalue weighted by molar-refractivity contribution is -0.276. The number of nitrogens with zero attached hydrogens (tertiary/aromatic N) is 1. The largest absolute Gasteiger partial charge is 0.574 e. The smallest absolute Gasteiger partial charge is 0.390 e. The van der Waals surface area contributed by atoms with Gasteiger partial charge >= 0.3 is 6.36 Å². The van der Waals surface area contributed by atoms with Crippen LogP contribution in [0.3, 0.4) is 0 Å². The predicted molar refractivity (Wildman–Crippen MR) is 38.5 cm³/mol. The lowest BCUT2D eigenvalue weighted by Gasteiger charge is -2.07. The van der Waals surface area contributed by atoms with Crippen molar-refractivity contribution in [3.05, 3.63) is 28.0 Å². The number of nitriles is 1. The Morgan fingerprint density at radius 2 is 2.07 bits per heavy atom. The zero-order valence-electron chi connectivity index (χ0n) is 6.55. The van der Waals surface area contributed by atoms with Crippen LogP contribution in [0.4, 0.5) is 13.2 Å². The Kier molecular flexibility index (Phi) is 2.47. The molecule has 0 unspecified atom stereocenters. The van der Waals surface area contributed by atoms with Gasteiger partial charge < -0.3 is 4.74 Å². The summed E-state index contributed by atoms with van der Waals surface area (Å²) in [5.41, 5.74) is -1.20. The third-order valence-electron chi connectivity index (χ3n) is 1.23. The zero-order valence-corrected chi connectivity index (χ0v) is 6.55. The molecule has 0 bridgehead atoms. The minimum absolute atomic E-state index is 0.278. The molecule has 0 aliphatic heterocycles. The van der Waals surface area contributed by atoms with E-state index >= 15 is 0 Å². The average Bonchev–Trinajstić information content (AvgIpc) is 2.01. The number of hydrogen-bond acceptors (Lipinski definition) is 3. The van der Waals surface area contributed by atoms with E-state index in [0.717, 1.165) is 12.1 Å². The van der Waals surface area contributed by atoms with Gasteiger partial charge in [0.25, 0.3) is 5.56 Å².